The molecule has 0 aliphatic heterocycles. The first kappa shape index (κ1) is 14.0. The van der Waals surface area contributed by atoms with Gasteiger partial charge in [-0.1, -0.05) is 24.3 Å². The molecule has 1 heterocycles. The monoisotopic (exact) mass is 267 g/mol. The van der Waals surface area contributed by atoms with Crippen LogP contribution in [0.5, 0.6) is 0 Å². The Morgan fingerprint density at radius 3 is 3.00 bits per heavy atom. The van der Waals surface area contributed by atoms with E-state index in [1.165, 1.54) is 0 Å². The molecule has 1 N–H and O–H groups in total. The lowest BCUT2D eigenvalue weighted by molar-refractivity contribution is 0.149. The van der Waals surface area contributed by atoms with Gasteiger partial charge in [0.25, 0.3) is 0 Å². The molecule has 0 saturated heterocycles. The molecular formula is C16H17N3O. The summed E-state index contributed by atoms with van der Waals surface area (Å²) < 4.78 is 5.45. The number of nitriles is 1. The Balaban J connectivity index is 2.08. The van der Waals surface area contributed by atoms with Crippen molar-refractivity contribution in [3.63, 3.8) is 0 Å². The Labute approximate surface area is 118 Å². The summed E-state index contributed by atoms with van der Waals surface area (Å²) in [5.74, 6) is 0. The van der Waals surface area contributed by atoms with Crippen molar-refractivity contribution in [3.05, 3.63) is 48.7 Å². The van der Waals surface area contributed by atoms with Crippen molar-refractivity contribution in [3.8, 4) is 6.07 Å². The molecular weight excluding hydrogens is 250 g/mol. The first-order valence-electron chi connectivity index (χ1n) is 6.57. The van der Waals surface area contributed by atoms with Gasteiger partial charge in [-0.25, -0.2) is 0 Å². The number of benzene rings is 1. The molecule has 0 bridgehead atoms. The van der Waals surface area contributed by atoms with Crippen molar-refractivity contribution in [1.29, 1.82) is 5.26 Å². The summed E-state index contributed by atoms with van der Waals surface area (Å²) in [5, 5.41) is 13.4. The summed E-state index contributed by atoms with van der Waals surface area (Å²) in [4.78, 5) is 4.28. The Morgan fingerprint density at radius 2 is 2.20 bits per heavy atom. The predicted octanol–water partition coefficient (Wildman–Crippen LogP) is 3.11. The summed E-state index contributed by atoms with van der Waals surface area (Å²) in [6.45, 7) is 5.56. The van der Waals surface area contributed by atoms with Gasteiger partial charge in [0.1, 0.15) is 6.07 Å². The largest absolute Gasteiger partial charge is 0.381 e. The van der Waals surface area contributed by atoms with E-state index in [1.54, 1.807) is 6.20 Å². The van der Waals surface area contributed by atoms with Crippen LogP contribution in [0.4, 0.5) is 5.69 Å². The third-order valence-electron chi connectivity index (χ3n) is 2.91. The average Bonchev–Trinajstić information content (AvgIpc) is 2.50. The van der Waals surface area contributed by atoms with E-state index in [2.05, 4.69) is 22.9 Å². The zero-order chi connectivity index (χ0) is 14.2. The van der Waals surface area contributed by atoms with Gasteiger partial charge in [0, 0.05) is 18.1 Å². The van der Waals surface area contributed by atoms with Crippen LogP contribution in [0, 0.1) is 11.3 Å². The lowest BCUT2D eigenvalue weighted by Gasteiger charge is -2.11. The van der Waals surface area contributed by atoms with Crippen LogP contribution in [0.25, 0.3) is 10.9 Å². The van der Waals surface area contributed by atoms with E-state index >= 15 is 0 Å². The SMILES string of the molecule is C=CCCOCCNc1c(C#N)cnc2ccccc12. The molecule has 0 unspecified atom stereocenters. The number of hydrogen-bond donors (Lipinski definition) is 1. The van der Waals surface area contributed by atoms with Crippen molar-refractivity contribution in [2.24, 2.45) is 0 Å². The standard InChI is InChI=1S/C16H17N3O/c1-2-3-9-20-10-8-18-16-13(11-17)12-19-15-7-5-4-6-14(15)16/h2,4-7,12H,1,3,8-10H2,(H,18,19). The average molecular weight is 267 g/mol. The molecule has 1 aromatic heterocycles. The minimum Gasteiger partial charge on any atom is -0.381 e. The van der Waals surface area contributed by atoms with Crippen LogP contribution in [0.2, 0.25) is 0 Å². The molecule has 20 heavy (non-hydrogen) atoms. The van der Waals surface area contributed by atoms with E-state index in [0.29, 0.717) is 25.3 Å². The van der Waals surface area contributed by atoms with E-state index in [4.69, 9.17) is 4.74 Å². The molecule has 4 heteroatoms. The number of nitrogens with zero attached hydrogens (tertiary/aromatic N) is 2. The number of para-hydroxylation sites is 1. The number of hydrogen-bond acceptors (Lipinski definition) is 4. The molecule has 0 spiro atoms. The van der Waals surface area contributed by atoms with Gasteiger partial charge >= 0.3 is 0 Å². The number of aromatic nitrogens is 1. The van der Waals surface area contributed by atoms with Gasteiger partial charge in [-0.05, 0) is 12.5 Å². The number of rotatable bonds is 7. The van der Waals surface area contributed by atoms with Crippen LogP contribution in [0.1, 0.15) is 12.0 Å². The minimum absolute atomic E-state index is 0.551. The lowest BCUT2D eigenvalue weighted by Crippen LogP contribution is -2.11. The first-order valence-corrected chi connectivity index (χ1v) is 6.57. The molecule has 0 aliphatic rings. The summed E-state index contributed by atoms with van der Waals surface area (Å²) >= 11 is 0. The van der Waals surface area contributed by atoms with Gasteiger partial charge in [0.2, 0.25) is 0 Å². The summed E-state index contributed by atoms with van der Waals surface area (Å²) in [5.41, 5.74) is 2.25. The molecule has 0 aliphatic carbocycles. The zero-order valence-corrected chi connectivity index (χ0v) is 11.3. The van der Waals surface area contributed by atoms with E-state index in [-0.39, 0.29) is 0 Å². The van der Waals surface area contributed by atoms with Gasteiger partial charge < -0.3 is 10.1 Å². The highest BCUT2D eigenvalue weighted by atomic mass is 16.5. The quantitative estimate of drug-likeness (QED) is 0.618. The molecule has 2 rings (SSSR count). The normalized spacial score (nSPS) is 10.2. The highest BCUT2D eigenvalue weighted by Crippen LogP contribution is 2.24. The minimum atomic E-state index is 0.551. The zero-order valence-electron chi connectivity index (χ0n) is 11.3. The van der Waals surface area contributed by atoms with Crippen molar-refractivity contribution in [2.45, 2.75) is 6.42 Å². The fourth-order valence-corrected chi connectivity index (χ4v) is 1.93. The second-order valence-electron chi connectivity index (χ2n) is 4.29. The van der Waals surface area contributed by atoms with Crippen molar-refractivity contribution < 1.29 is 4.74 Å². The Kier molecular flexibility index (Phi) is 5.10. The van der Waals surface area contributed by atoms with Crippen LogP contribution in [0.3, 0.4) is 0 Å². The summed E-state index contributed by atoms with van der Waals surface area (Å²) in [6, 6.07) is 9.94. The molecule has 0 amide bonds. The van der Waals surface area contributed by atoms with E-state index in [0.717, 1.165) is 23.0 Å². The topological polar surface area (TPSA) is 57.9 Å². The number of anilines is 1. The fourth-order valence-electron chi connectivity index (χ4n) is 1.93. The van der Waals surface area contributed by atoms with Crippen LogP contribution in [0.15, 0.2) is 43.1 Å². The third-order valence-corrected chi connectivity index (χ3v) is 2.91. The summed E-state index contributed by atoms with van der Waals surface area (Å²) in [7, 11) is 0. The Bertz CT molecular complexity index is 631. The summed E-state index contributed by atoms with van der Waals surface area (Å²) in [6.07, 6.45) is 4.28. The van der Waals surface area contributed by atoms with Crippen molar-refractivity contribution in [2.75, 3.05) is 25.1 Å². The molecule has 4 nitrogen and oxygen atoms in total. The maximum Gasteiger partial charge on any atom is 0.103 e. The number of ether oxygens (including phenoxy) is 1. The third kappa shape index (κ3) is 3.34. The molecule has 0 atom stereocenters. The van der Waals surface area contributed by atoms with Crippen molar-refractivity contribution in [1.82, 2.24) is 4.98 Å². The second-order valence-corrected chi connectivity index (χ2v) is 4.29. The second kappa shape index (κ2) is 7.27. The van der Waals surface area contributed by atoms with Crippen LogP contribution in [-0.2, 0) is 4.74 Å². The van der Waals surface area contributed by atoms with Gasteiger partial charge in [0.15, 0.2) is 0 Å². The maximum atomic E-state index is 9.18. The molecule has 0 radical (unpaired) electrons. The van der Waals surface area contributed by atoms with Crippen LogP contribution >= 0.6 is 0 Å². The van der Waals surface area contributed by atoms with Gasteiger partial charge in [-0.15, -0.1) is 6.58 Å². The maximum absolute atomic E-state index is 9.18. The van der Waals surface area contributed by atoms with E-state index in [1.807, 2.05) is 30.3 Å². The Hall–Kier alpha value is -2.38. The lowest BCUT2D eigenvalue weighted by atomic mass is 10.1. The smallest absolute Gasteiger partial charge is 0.103 e. The Morgan fingerprint density at radius 1 is 1.35 bits per heavy atom. The number of pyridine rings is 1. The number of fused-ring (bicyclic) bond motifs is 1. The van der Waals surface area contributed by atoms with Gasteiger partial charge in [-0.2, -0.15) is 5.26 Å². The highest BCUT2D eigenvalue weighted by molar-refractivity contribution is 5.93. The molecule has 2 aromatic rings. The number of nitrogens with one attached hydrogen (secondary N) is 1. The first-order chi connectivity index (χ1) is 9.86. The van der Waals surface area contributed by atoms with Crippen molar-refractivity contribution >= 4 is 16.6 Å². The molecule has 102 valence electrons. The van der Waals surface area contributed by atoms with Gasteiger partial charge in [0.05, 0.1) is 30.0 Å². The molecule has 0 saturated carbocycles. The van der Waals surface area contributed by atoms with E-state index in [9.17, 15) is 5.26 Å². The van der Waals surface area contributed by atoms with E-state index < -0.39 is 0 Å². The van der Waals surface area contributed by atoms with Crippen LogP contribution < -0.4 is 5.32 Å². The molecule has 0 fully saturated rings. The molecule has 1 aromatic carbocycles. The van der Waals surface area contributed by atoms with Gasteiger partial charge in [-0.3, -0.25) is 4.98 Å². The fraction of sp³-hybridized carbons (Fsp3) is 0.250. The highest BCUT2D eigenvalue weighted by Gasteiger charge is 2.07. The van der Waals surface area contributed by atoms with Crippen LogP contribution in [-0.4, -0.2) is 24.7 Å². The predicted molar refractivity (Wildman–Crippen MR) is 80.6 cm³/mol.